The number of amides is 1. The van der Waals surface area contributed by atoms with Crippen LogP contribution in [0, 0.1) is 5.92 Å². The Balaban J connectivity index is 1.50. The Bertz CT molecular complexity index is 1950. The zero-order valence-electron chi connectivity index (χ0n) is 25.4. The van der Waals surface area contributed by atoms with Gasteiger partial charge in [-0.25, -0.2) is 0 Å². The van der Waals surface area contributed by atoms with Gasteiger partial charge < -0.3 is 24.4 Å². The molecule has 9 nitrogen and oxygen atoms in total. The second-order valence-corrected chi connectivity index (χ2v) is 11.5. The fourth-order valence-electron chi connectivity index (χ4n) is 7.37. The summed E-state index contributed by atoms with van der Waals surface area (Å²) in [5.41, 5.74) is 1.95. The second-order valence-electron chi connectivity index (χ2n) is 11.5. The van der Waals surface area contributed by atoms with E-state index in [1.165, 1.54) is 33.3 Å². The Morgan fingerprint density at radius 2 is 1.54 bits per heavy atom. The maximum atomic E-state index is 15.2. The van der Waals surface area contributed by atoms with Gasteiger partial charge in [0.15, 0.2) is 11.6 Å². The minimum atomic E-state index is -1.50. The molecule has 7 rings (SSSR count). The maximum absolute atomic E-state index is 15.2. The highest BCUT2D eigenvalue weighted by Gasteiger charge is 2.71. The van der Waals surface area contributed by atoms with Crippen molar-refractivity contribution < 1.29 is 33.4 Å². The van der Waals surface area contributed by atoms with Gasteiger partial charge in [0.05, 0.1) is 31.7 Å². The normalized spacial score (nSPS) is 22.0. The van der Waals surface area contributed by atoms with E-state index >= 15 is 4.79 Å². The van der Waals surface area contributed by atoms with Gasteiger partial charge in [0.25, 0.3) is 0 Å². The number of ketones is 2. The van der Waals surface area contributed by atoms with Crippen molar-refractivity contribution in [3.8, 4) is 17.2 Å². The van der Waals surface area contributed by atoms with E-state index in [0.29, 0.717) is 28.3 Å². The van der Waals surface area contributed by atoms with E-state index in [0.717, 1.165) is 11.1 Å². The number of esters is 1. The van der Waals surface area contributed by atoms with Crippen LogP contribution < -0.4 is 19.5 Å². The van der Waals surface area contributed by atoms with Crippen LogP contribution >= 0.6 is 0 Å². The molecular weight excluding hydrogens is 584 g/mol. The Kier molecular flexibility index (Phi) is 6.96. The topological polar surface area (TPSA) is 111 Å². The van der Waals surface area contributed by atoms with E-state index in [4.69, 9.17) is 14.2 Å². The molecule has 3 aliphatic rings. The number of carbonyl (C=O) groups is 4. The van der Waals surface area contributed by atoms with Crippen molar-refractivity contribution in [2.75, 3.05) is 19.5 Å². The first-order valence-electron chi connectivity index (χ1n) is 14.8. The lowest BCUT2D eigenvalue weighted by molar-refractivity contribution is -0.131. The van der Waals surface area contributed by atoms with Crippen molar-refractivity contribution in [1.29, 1.82) is 0 Å². The molecule has 0 bridgehead atoms. The predicted octanol–water partition coefficient (Wildman–Crippen LogP) is 5.61. The Hall–Kier alpha value is -5.70. The predicted molar refractivity (Wildman–Crippen MR) is 170 cm³/mol. The van der Waals surface area contributed by atoms with Gasteiger partial charge in [-0.2, -0.15) is 0 Å². The number of nitrogens with one attached hydrogen (secondary N) is 1. The van der Waals surface area contributed by atoms with Gasteiger partial charge in [-0.15, -0.1) is 0 Å². The van der Waals surface area contributed by atoms with Crippen LogP contribution in [0.15, 0.2) is 97.2 Å². The number of para-hydroxylation sites is 1. The summed E-state index contributed by atoms with van der Waals surface area (Å²) < 4.78 is 16.3. The van der Waals surface area contributed by atoms with Crippen LogP contribution in [-0.2, 0) is 15.0 Å². The molecule has 1 spiro atoms. The average Bonchev–Trinajstić information content (AvgIpc) is 3.55. The molecule has 230 valence electrons. The molecule has 1 fully saturated rings. The number of fused-ring (bicyclic) bond motifs is 6. The first-order chi connectivity index (χ1) is 22.3. The van der Waals surface area contributed by atoms with Crippen LogP contribution in [0.2, 0.25) is 0 Å². The number of hydrogen-bond acceptors (Lipinski definition) is 8. The number of Topliss-reactive ketones (excluding diaryl/α,β-unsaturated/α-hetero) is 2. The number of benzene rings is 4. The summed E-state index contributed by atoms with van der Waals surface area (Å²) in [4.78, 5) is 58.1. The molecule has 0 aromatic heterocycles. The van der Waals surface area contributed by atoms with Gasteiger partial charge in [-0.3, -0.25) is 19.2 Å². The summed E-state index contributed by atoms with van der Waals surface area (Å²) in [6.45, 7) is 1.30. The molecule has 1 saturated heterocycles. The maximum Gasteiger partial charge on any atom is 0.308 e. The highest BCUT2D eigenvalue weighted by Crippen LogP contribution is 2.62. The third kappa shape index (κ3) is 4.23. The van der Waals surface area contributed by atoms with Crippen LogP contribution in [0.3, 0.4) is 0 Å². The van der Waals surface area contributed by atoms with Crippen molar-refractivity contribution in [1.82, 2.24) is 4.90 Å². The lowest BCUT2D eigenvalue weighted by atomic mass is 9.62. The summed E-state index contributed by atoms with van der Waals surface area (Å²) in [6, 6.07) is 24.4. The summed E-state index contributed by atoms with van der Waals surface area (Å²) >= 11 is 0. The van der Waals surface area contributed by atoms with Crippen molar-refractivity contribution in [3.63, 3.8) is 0 Å². The number of rotatable bonds is 7. The van der Waals surface area contributed by atoms with E-state index < -0.39 is 35.2 Å². The third-order valence-corrected chi connectivity index (χ3v) is 9.19. The van der Waals surface area contributed by atoms with Crippen molar-refractivity contribution in [3.05, 3.63) is 125 Å². The fourth-order valence-corrected chi connectivity index (χ4v) is 7.37. The molecular formula is C37H30N2O7. The minimum absolute atomic E-state index is 0.198. The van der Waals surface area contributed by atoms with Crippen molar-refractivity contribution in [2.45, 2.75) is 24.4 Å². The van der Waals surface area contributed by atoms with Crippen LogP contribution in [0.5, 0.6) is 17.2 Å². The molecule has 4 aromatic carbocycles. The quantitative estimate of drug-likeness (QED) is 0.163. The van der Waals surface area contributed by atoms with Gasteiger partial charge in [0.2, 0.25) is 5.91 Å². The largest absolute Gasteiger partial charge is 0.497 e. The summed E-state index contributed by atoms with van der Waals surface area (Å²) in [5.74, 6) is -1.83. The minimum Gasteiger partial charge on any atom is -0.497 e. The van der Waals surface area contributed by atoms with E-state index in [-0.39, 0.29) is 23.0 Å². The van der Waals surface area contributed by atoms with E-state index in [1.807, 2.05) is 65.7 Å². The zero-order chi connectivity index (χ0) is 32.2. The van der Waals surface area contributed by atoms with Crippen LogP contribution in [0.25, 0.3) is 6.08 Å². The van der Waals surface area contributed by atoms with E-state index in [9.17, 15) is 14.4 Å². The van der Waals surface area contributed by atoms with Gasteiger partial charge >= 0.3 is 5.97 Å². The number of nitrogens with zero attached hydrogens (tertiary/aromatic N) is 1. The fraction of sp³-hybridized carbons (Fsp3) is 0.189. The van der Waals surface area contributed by atoms with Gasteiger partial charge in [-0.1, -0.05) is 42.5 Å². The third-order valence-electron chi connectivity index (χ3n) is 9.19. The SMILES string of the molecule is COc1ccc(OC)c(C(=O)C2C(C(=O)c3ccc(OC(C)=O)cc3)N3C=Cc4ccccc4C3C23C(=O)Nc2ccccc23)c1. The smallest absolute Gasteiger partial charge is 0.308 e. The van der Waals surface area contributed by atoms with Crippen LogP contribution in [0.1, 0.15) is 50.4 Å². The summed E-state index contributed by atoms with van der Waals surface area (Å²) in [6.07, 6.45) is 3.72. The molecule has 9 heteroatoms. The zero-order valence-corrected chi connectivity index (χ0v) is 25.4. The Morgan fingerprint density at radius 3 is 2.28 bits per heavy atom. The average molecular weight is 615 g/mol. The molecule has 0 aliphatic carbocycles. The number of anilines is 1. The Morgan fingerprint density at radius 1 is 0.826 bits per heavy atom. The summed E-state index contributed by atoms with van der Waals surface area (Å²) in [7, 11) is 2.97. The molecule has 0 saturated carbocycles. The summed E-state index contributed by atoms with van der Waals surface area (Å²) in [5, 5.41) is 3.05. The number of ether oxygens (including phenoxy) is 3. The molecule has 4 atom stereocenters. The van der Waals surface area contributed by atoms with E-state index in [2.05, 4.69) is 5.32 Å². The molecule has 1 amide bonds. The first-order valence-corrected chi connectivity index (χ1v) is 14.8. The van der Waals surface area contributed by atoms with Crippen molar-refractivity contribution in [2.24, 2.45) is 5.92 Å². The number of carbonyl (C=O) groups excluding carboxylic acids is 4. The highest BCUT2D eigenvalue weighted by molar-refractivity contribution is 6.17. The molecule has 1 N–H and O–H groups in total. The van der Waals surface area contributed by atoms with Gasteiger partial charge in [0.1, 0.15) is 28.7 Å². The highest BCUT2D eigenvalue weighted by atomic mass is 16.5. The van der Waals surface area contributed by atoms with Crippen LogP contribution in [0.4, 0.5) is 5.69 Å². The molecule has 46 heavy (non-hydrogen) atoms. The van der Waals surface area contributed by atoms with Crippen molar-refractivity contribution >= 4 is 35.2 Å². The lowest BCUT2D eigenvalue weighted by Crippen LogP contribution is -2.49. The molecule has 0 radical (unpaired) electrons. The van der Waals surface area contributed by atoms with Gasteiger partial charge in [0, 0.05) is 24.4 Å². The number of hydrogen-bond donors (Lipinski definition) is 1. The Labute approximate surface area is 265 Å². The van der Waals surface area contributed by atoms with Gasteiger partial charge in [-0.05, 0) is 71.3 Å². The molecule has 3 aliphatic heterocycles. The van der Waals surface area contributed by atoms with Crippen LogP contribution in [-0.4, -0.2) is 48.6 Å². The number of methoxy groups -OCH3 is 2. The molecule has 3 heterocycles. The monoisotopic (exact) mass is 614 g/mol. The first kappa shape index (κ1) is 29.0. The standard InChI is InChI=1S/C37H30N2O7/c1-21(40)46-24-14-12-23(13-15-24)33(41)32-31(34(42)27-20-25(44-2)16-17-30(27)45-3)37(28-10-6-7-11-29(28)38-36(37)43)35-26-9-5-4-8-22(26)18-19-39(32)35/h4-20,31-32,35H,1-3H3,(H,38,43). The lowest BCUT2D eigenvalue weighted by Gasteiger charge is -2.38. The van der Waals surface area contributed by atoms with E-state index in [1.54, 1.807) is 30.3 Å². The molecule has 4 aromatic rings. The second kappa shape index (κ2) is 11.0. The molecule has 4 unspecified atom stereocenters.